The van der Waals surface area contributed by atoms with E-state index in [-0.39, 0.29) is 0 Å². The summed E-state index contributed by atoms with van der Waals surface area (Å²) >= 11 is 3.38. The quantitative estimate of drug-likeness (QED) is 0.868. The Labute approximate surface area is 121 Å². The van der Waals surface area contributed by atoms with Gasteiger partial charge in [-0.05, 0) is 36.8 Å². The molecule has 0 aliphatic heterocycles. The lowest BCUT2D eigenvalue weighted by molar-refractivity contribution is 0.285. The van der Waals surface area contributed by atoms with Gasteiger partial charge in [0.05, 0.1) is 7.11 Å². The number of nitrogen functional groups attached to an aromatic ring is 1. The number of methoxy groups -OCH3 is 1. The van der Waals surface area contributed by atoms with Gasteiger partial charge in [-0.15, -0.1) is 0 Å². The van der Waals surface area contributed by atoms with Crippen LogP contribution in [-0.4, -0.2) is 7.11 Å². The Morgan fingerprint density at radius 1 is 1.11 bits per heavy atom. The first-order chi connectivity index (χ1) is 9.10. The minimum absolute atomic E-state index is 0.415. The fourth-order valence-corrected chi connectivity index (χ4v) is 2.13. The van der Waals surface area contributed by atoms with E-state index in [1.54, 1.807) is 7.11 Å². The smallest absolute Gasteiger partial charge is 0.161 e. The first kappa shape index (κ1) is 13.7. The lowest BCUT2D eigenvalue weighted by Gasteiger charge is -2.12. The number of nitrogens with two attached hydrogens (primary N) is 1. The Hall–Kier alpha value is -1.68. The molecule has 19 heavy (non-hydrogen) atoms. The molecule has 100 valence electrons. The third-order valence-corrected chi connectivity index (χ3v) is 3.30. The Bertz CT molecular complexity index is 584. The zero-order valence-electron chi connectivity index (χ0n) is 10.9. The molecule has 0 amide bonds. The molecule has 0 aromatic heterocycles. The summed E-state index contributed by atoms with van der Waals surface area (Å²) in [4.78, 5) is 0. The minimum atomic E-state index is 0.415. The number of halogens is 1. The highest BCUT2D eigenvalue weighted by molar-refractivity contribution is 9.10. The number of ether oxygens (including phenoxy) is 2. The van der Waals surface area contributed by atoms with Crippen LogP contribution in [0.5, 0.6) is 11.5 Å². The molecule has 0 saturated heterocycles. The summed E-state index contributed by atoms with van der Waals surface area (Å²) in [7, 11) is 1.63. The van der Waals surface area contributed by atoms with Crippen LogP contribution in [0.3, 0.4) is 0 Å². The summed E-state index contributed by atoms with van der Waals surface area (Å²) in [5.41, 5.74) is 8.73. The zero-order chi connectivity index (χ0) is 13.8. The van der Waals surface area contributed by atoms with Crippen LogP contribution in [0.2, 0.25) is 0 Å². The van der Waals surface area contributed by atoms with Crippen LogP contribution in [0.1, 0.15) is 11.1 Å². The Morgan fingerprint density at radius 2 is 1.89 bits per heavy atom. The Kier molecular flexibility index (Phi) is 4.32. The first-order valence-corrected chi connectivity index (χ1v) is 6.71. The number of aryl methyl sites for hydroxylation is 1. The van der Waals surface area contributed by atoms with Crippen LogP contribution in [0.15, 0.2) is 40.9 Å². The van der Waals surface area contributed by atoms with Crippen molar-refractivity contribution in [2.24, 2.45) is 0 Å². The topological polar surface area (TPSA) is 44.5 Å². The summed E-state index contributed by atoms with van der Waals surface area (Å²) < 4.78 is 12.0. The van der Waals surface area contributed by atoms with Gasteiger partial charge in [-0.1, -0.05) is 28.1 Å². The maximum atomic E-state index is 5.94. The molecule has 0 heterocycles. The molecule has 0 aliphatic carbocycles. The third-order valence-electron chi connectivity index (χ3n) is 2.81. The van der Waals surface area contributed by atoms with Crippen molar-refractivity contribution in [2.45, 2.75) is 13.5 Å². The van der Waals surface area contributed by atoms with Gasteiger partial charge in [0.15, 0.2) is 11.5 Å². The van der Waals surface area contributed by atoms with Gasteiger partial charge >= 0.3 is 0 Å². The molecule has 2 N–H and O–H groups in total. The van der Waals surface area contributed by atoms with Crippen molar-refractivity contribution in [3.63, 3.8) is 0 Å². The molecule has 4 heteroatoms. The van der Waals surface area contributed by atoms with Gasteiger partial charge in [0.2, 0.25) is 0 Å². The van der Waals surface area contributed by atoms with E-state index in [2.05, 4.69) is 15.9 Å². The van der Waals surface area contributed by atoms with E-state index in [4.69, 9.17) is 15.2 Å². The maximum Gasteiger partial charge on any atom is 0.161 e. The van der Waals surface area contributed by atoms with Crippen LogP contribution >= 0.6 is 15.9 Å². The zero-order valence-corrected chi connectivity index (χ0v) is 12.5. The van der Waals surface area contributed by atoms with Crippen LogP contribution < -0.4 is 15.2 Å². The molecular formula is C15H16BrNO2. The molecule has 2 aromatic carbocycles. The predicted molar refractivity (Wildman–Crippen MR) is 80.6 cm³/mol. The molecule has 2 aromatic rings. The molecule has 0 bridgehead atoms. The van der Waals surface area contributed by atoms with Gasteiger partial charge in [-0.2, -0.15) is 0 Å². The fraction of sp³-hybridized carbons (Fsp3) is 0.200. The third kappa shape index (κ3) is 3.41. The normalized spacial score (nSPS) is 10.3. The summed E-state index contributed by atoms with van der Waals surface area (Å²) in [5, 5.41) is 0. The van der Waals surface area contributed by atoms with Crippen LogP contribution in [0.25, 0.3) is 0 Å². The number of anilines is 1. The second kappa shape index (κ2) is 5.97. The van der Waals surface area contributed by atoms with Gasteiger partial charge in [0, 0.05) is 15.7 Å². The van der Waals surface area contributed by atoms with E-state index >= 15 is 0 Å². The van der Waals surface area contributed by atoms with Gasteiger partial charge in [0.25, 0.3) is 0 Å². The molecule has 0 aliphatic rings. The monoisotopic (exact) mass is 321 g/mol. The molecule has 0 unspecified atom stereocenters. The number of hydrogen-bond donors (Lipinski definition) is 1. The predicted octanol–water partition coefficient (Wildman–Crippen LogP) is 3.93. The lowest BCUT2D eigenvalue weighted by Crippen LogP contribution is -2.01. The average Bonchev–Trinajstić information content (AvgIpc) is 2.39. The van der Waals surface area contributed by atoms with Crippen LogP contribution in [-0.2, 0) is 6.61 Å². The van der Waals surface area contributed by atoms with Gasteiger partial charge in [0.1, 0.15) is 6.61 Å². The SMILES string of the molecule is COc1cc(C)ccc1OCc1ccc(Br)cc1N. The number of benzene rings is 2. The molecule has 2 rings (SSSR count). The second-order valence-electron chi connectivity index (χ2n) is 4.29. The van der Waals surface area contributed by atoms with E-state index in [1.807, 2.05) is 43.3 Å². The van der Waals surface area contributed by atoms with Crippen molar-refractivity contribution in [1.29, 1.82) is 0 Å². The summed E-state index contributed by atoms with van der Waals surface area (Å²) in [6.45, 7) is 2.43. The summed E-state index contributed by atoms with van der Waals surface area (Å²) in [6, 6.07) is 11.6. The average molecular weight is 322 g/mol. The molecule has 0 atom stereocenters. The van der Waals surface area contributed by atoms with Crippen molar-refractivity contribution in [3.05, 3.63) is 52.0 Å². The first-order valence-electron chi connectivity index (χ1n) is 5.91. The summed E-state index contributed by atoms with van der Waals surface area (Å²) in [6.07, 6.45) is 0. The van der Waals surface area contributed by atoms with Crippen LogP contribution in [0.4, 0.5) is 5.69 Å². The van der Waals surface area contributed by atoms with Crippen molar-refractivity contribution in [3.8, 4) is 11.5 Å². The Balaban J connectivity index is 2.14. The summed E-state index contributed by atoms with van der Waals surface area (Å²) in [5.74, 6) is 1.45. The highest BCUT2D eigenvalue weighted by Crippen LogP contribution is 2.29. The van der Waals surface area contributed by atoms with E-state index in [0.29, 0.717) is 12.3 Å². The Morgan fingerprint density at radius 3 is 2.58 bits per heavy atom. The number of rotatable bonds is 4. The lowest BCUT2D eigenvalue weighted by atomic mass is 10.2. The van der Waals surface area contributed by atoms with E-state index in [0.717, 1.165) is 27.1 Å². The van der Waals surface area contributed by atoms with Crippen molar-refractivity contribution in [2.75, 3.05) is 12.8 Å². The van der Waals surface area contributed by atoms with Crippen molar-refractivity contribution in [1.82, 2.24) is 0 Å². The fourth-order valence-electron chi connectivity index (χ4n) is 1.75. The van der Waals surface area contributed by atoms with Crippen LogP contribution in [0, 0.1) is 6.92 Å². The molecule has 0 radical (unpaired) electrons. The van der Waals surface area contributed by atoms with E-state index in [9.17, 15) is 0 Å². The highest BCUT2D eigenvalue weighted by Gasteiger charge is 2.06. The van der Waals surface area contributed by atoms with E-state index in [1.165, 1.54) is 0 Å². The maximum absolute atomic E-state index is 5.94. The van der Waals surface area contributed by atoms with E-state index < -0.39 is 0 Å². The minimum Gasteiger partial charge on any atom is -0.493 e. The molecule has 0 fully saturated rings. The number of hydrogen-bond acceptors (Lipinski definition) is 3. The van der Waals surface area contributed by atoms with Crippen molar-refractivity contribution >= 4 is 21.6 Å². The van der Waals surface area contributed by atoms with Gasteiger partial charge in [-0.25, -0.2) is 0 Å². The largest absolute Gasteiger partial charge is 0.493 e. The molecular weight excluding hydrogens is 306 g/mol. The van der Waals surface area contributed by atoms with Crippen molar-refractivity contribution < 1.29 is 9.47 Å². The van der Waals surface area contributed by atoms with Gasteiger partial charge < -0.3 is 15.2 Å². The second-order valence-corrected chi connectivity index (χ2v) is 5.20. The molecule has 0 spiro atoms. The standard InChI is InChI=1S/C15H16BrNO2/c1-10-3-6-14(15(7-10)18-2)19-9-11-4-5-12(16)8-13(11)17/h3-8H,9,17H2,1-2H3. The van der Waals surface area contributed by atoms with Gasteiger partial charge in [-0.3, -0.25) is 0 Å². The molecule has 0 saturated carbocycles. The highest BCUT2D eigenvalue weighted by atomic mass is 79.9. The molecule has 3 nitrogen and oxygen atoms in total.